The van der Waals surface area contributed by atoms with Gasteiger partial charge in [0.25, 0.3) is 0 Å². The first-order valence-electron chi connectivity index (χ1n) is 9.89. The lowest BCUT2D eigenvalue weighted by Crippen LogP contribution is -2.26. The van der Waals surface area contributed by atoms with Crippen molar-refractivity contribution in [2.45, 2.75) is 51.4 Å². The SMILES string of the molecule is Cc1ccccc1Cn1ccc(NC(=O)C(C)n2nc(C(F)(F)F)c(Cl)c2C2CC2)n1. The van der Waals surface area contributed by atoms with Crippen molar-refractivity contribution in [2.75, 3.05) is 5.32 Å². The molecule has 164 valence electrons. The molecule has 1 atom stereocenters. The number of anilines is 1. The van der Waals surface area contributed by atoms with Crippen molar-refractivity contribution >= 4 is 23.3 Å². The number of amides is 1. The normalized spacial score (nSPS) is 15.2. The molecule has 2 heterocycles. The summed E-state index contributed by atoms with van der Waals surface area (Å²) >= 11 is 6.00. The molecule has 1 unspecified atom stereocenters. The van der Waals surface area contributed by atoms with Crippen molar-refractivity contribution in [1.29, 1.82) is 0 Å². The number of nitrogens with zero attached hydrogens (tertiary/aromatic N) is 4. The van der Waals surface area contributed by atoms with Crippen LogP contribution in [-0.4, -0.2) is 25.5 Å². The largest absolute Gasteiger partial charge is 0.436 e. The highest BCUT2D eigenvalue weighted by Crippen LogP contribution is 2.47. The van der Waals surface area contributed by atoms with Crippen LogP contribution in [-0.2, 0) is 17.5 Å². The lowest BCUT2D eigenvalue weighted by atomic mass is 10.1. The van der Waals surface area contributed by atoms with Gasteiger partial charge in [-0.15, -0.1) is 0 Å². The maximum Gasteiger partial charge on any atom is 0.436 e. The van der Waals surface area contributed by atoms with Crippen LogP contribution in [0.25, 0.3) is 0 Å². The van der Waals surface area contributed by atoms with Gasteiger partial charge in [-0.05, 0) is 37.8 Å². The zero-order chi connectivity index (χ0) is 22.3. The summed E-state index contributed by atoms with van der Waals surface area (Å²) in [5.41, 5.74) is 1.33. The fourth-order valence-corrected chi connectivity index (χ4v) is 3.83. The number of aromatic nitrogens is 4. The van der Waals surface area contributed by atoms with Crippen LogP contribution in [0.2, 0.25) is 5.02 Å². The van der Waals surface area contributed by atoms with Crippen molar-refractivity contribution in [3.8, 4) is 0 Å². The van der Waals surface area contributed by atoms with Crippen molar-refractivity contribution in [2.24, 2.45) is 0 Å². The van der Waals surface area contributed by atoms with Crippen molar-refractivity contribution < 1.29 is 18.0 Å². The molecule has 1 fully saturated rings. The van der Waals surface area contributed by atoms with E-state index in [1.165, 1.54) is 6.92 Å². The van der Waals surface area contributed by atoms with Gasteiger partial charge in [0.1, 0.15) is 6.04 Å². The molecular formula is C21H21ClF3N5O. The fraction of sp³-hybridized carbons (Fsp3) is 0.381. The molecule has 0 spiro atoms. The van der Waals surface area contributed by atoms with E-state index < -0.39 is 28.8 Å². The highest BCUT2D eigenvalue weighted by atomic mass is 35.5. The predicted molar refractivity (Wildman–Crippen MR) is 110 cm³/mol. The number of rotatable bonds is 6. The van der Waals surface area contributed by atoms with E-state index in [9.17, 15) is 18.0 Å². The zero-order valence-corrected chi connectivity index (χ0v) is 17.7. The maximum atomic E-state index is 13.3. The Morgan fingerprint density at radius 3 is 2.61 bits per heavy atom. The molecule has 1 aliphatic rings. The number of nitrogens with one attached hydrogen (secondary N) is 1. The Morgan fingerprint density at radius 2 is 1.97 bits per heavy atom. The Hall–Kier alpha value is -2.81. The quantitative estimate of drug-likeness (QED) is 0.561. The van der Waals surface area contributed by atoms with E-state index in [0.29, 0.717) is 12.4 Å². The molecule has 0 bridgehead atoms. The van der Waals surface area contributed by atoms with Crippen LogP contribution in [0.5, 0.6) is 0 Å². The monoisotopic (exact) mass is 451 g/mol. The van der Waals surface area contributed by atoms with Gasteiger partial charge in [-0.25, -0.2) is 0 Å². The van der Waals surface area contributed by atoms with Gasteiger partial charge in [-0.2, -0.15) is 23.4 Å². The first-order valence-corrected chi connectivity index (χ1v) is 10.3. The number of aryl methyl sites for hydroxylation is 1. The topological polar surface area (TPSA) is 64.7 Å². The third kappa shape index (κ3) is 4.46. The van der Waals surface area contributed by atoms with E-state index in [4.69, 9.17) is 11.6 Å². The van der Waals surface area contributed by atoms with E-state index >= 15 is 0 Å². The highest BCUT2D eigenvalue weighted by molar-refractivity contribution is 6.32. The van der Waals surface area contributed by atoms with E-state index in [0.717, 1.165) is 28.7 Å². The van der Waals surface area contributed by atoms with Gasteiger partial charge < -0.3 is 5.32 Å². The summed E-state index contributed by atoms with van der Waals surface area (Å²) in [6.07, 6.45) is -1.51. The molecule has 1 amide bonds. The molecule has 0 saturated heterocycles. The van der Waals surface area contributed by atoms with E-state index in [-0.39, 0.29) is 11.6 Å². The molecule has 10 heteroatoms. The lowest BCUT2D eigenvalue weighted by Gasteiger charge is -2.15. The summed E-state index contributed by atoms with van der Waals surface area (Å²) < 4.78 is 42.6. The van der Waals surface area contributed by atoms with Gasteiger partial charge in [-0.1, -0.05) is 35.9 Å². The van der Waals surface area contributed by atoms with E-state index in [2.05, 4.69) is 15.5 Å². The molecule has 1 aliphatic carbocycles. The average molecular weight is 452 g/mol. The van der Waals surface area contributed by atoms with Crippen LogP contribution in [0.4, 0.5) is 19.0 Å². The lowest BCUT2D eigenvalue weighted by molar-refractivity contribution is -0.141. The average Bonchev–Trinajstić information content (AvgIpc) is 3.34. The smallest absolute Gasteiger partial charge is 0.307 e. The second-order valence-electron chi connectivity index (χ2n) is 7.75. The molecule has 1 aromatic carbocycles. The molecule has 1 saturated carbocycles. The highest BCUT2D eigenvalue weighted by Gasteiger charge is 2.43. The Morgan fingerprint density at radius 1 is 1.26 bits per heavy atom. The Bertz CT molecular complexity index is 1120. The minimum absolute atomic E-state index is 0.111. The Labute approximate surface area is 182 Å². The van der Waals surface area contributed by atoms with Crippen LogP contribution in [0.1, 0.15) is 54.2 Å². The van der Waals surface area contributed by atoms with Crippen LogP contribution in [0.3, 0.4) is 0 Å². The molecule has 2 aromatic heterocycles. The number of carbonyl (C=O) groups excluding carboxylic acids is 1. The van der Waals surface area contributed by atoms with Gasteiger partial charge in [-0.3, -0.25) is 14.2 Å². The molecule has 1 N–H and O–H groups in total. The van der Waals surface area contributed by atoms with Crippen LogP contribution in [0.15, 0.2) is 36.5 Å². The Kier molecular flexibility index (Phi) is 5.55. The molecule has 4 rings (SSSR count). The molecule has 0 aliphatic heterocycles. The summed E-state index contributed by atoms with van der Waals surface area (Å²) in [6, 6.07) is 8.56. The minimum atomic E-state index is -4.68. The van der Waals surface area contributed by atoms with Crippen LogP contribution < -0.4 is 5.32 Å². The minimum Gasteiger partial charge on any atom is -0.307 e. The molecule has 3 aromatic rings. The molecule has 31 heavy (non-hydrogen) atoms. The van der Waals surface area contributed by atoms with Gasteiger partial charge in [0.05, 0.1) is 17.3 Å². The standard InChI is InChI=1S/C21H21ClF3N5O/c1-12-5-3-4-6-15(12)11-29-10-9-16(27-29)26-20(31)13(2)30-18(14-7-8-14)17(22)19(28-30)21(23,24)25/h3-6,9-10,13-14H,7-8,11H2,1-2H3,(H,26,27,31). The molecular weight excluding hydrogens is 431 g/mol. The van der Waals surface area contributed by atoms with E-state index in [1.807, 2.05) is 31.2 Å². The van der Waals surface area contributed by atoms with E-state index in [1.54, 1.807) is 16.9 Å². The summed E-state index contributed by atoms with van der Waals surface area (Å²) in [5, 5.41) is 10.2. The number of benzene rings is 1. The Balaban J connectivity index is 1.51. The first kappa shape index (κ1) is 21.4. The second kappa shape index (κ2) is 8.03. The number of hydrogen-bond donors (Lipinski definition) is 1. The van der Waals surface area contributed by atoms with Gasteiger partial charge in [0.2, 0.25) is 5.91 Å². The summed E-state index contributed by atoms with van der Waals surface area (Å²) in [5.74, 6) is -0.316. The summed E-state index contributed by atoms with van der Waals surface area (Å²) in [6.45, 7) is 4.04. The van der Waals surface area contributed by atoms with Crippen LogP contribution in [0, 0.1) is 6.92 Å². The number of hydrogen-bond acceptors (Lipinski definition) is 3. The fourth-order valence-electron chi connectivity index (χ4n) is 3.45. The second-order valence-corrected chi connectivity index (χ2v) is 8.13. The van der Waals surface area contributed by atoms with Gasteiger partial charge in [0, 0.05) is 18.2 Å². The predicted octanol–water partition coefficient (Wildman–Crippen LogP) is 5.19. The third-order valence-corrected chi connectivity index (χ3v) is 5.72. The number of carbonyl (C=O) groups is 1. The summed E-state index contributed by atoms with van der Waals surface area (Å²) in [4.78, 5) is 12.8. The molecule has 6 nitrogen and oxygen atoms in total. The van der Waals surface area contributed by atoms with Crippen molar-refractivity contribution in [3.63, 3.8) is 0 Å². The summed E-state index contributed by atoms with van der Waals surface area (Å²) in [7, 11) is 0. The zero-order valence-electron chi connectivity index (χ0n) is 16.9. The van der Waals surface area contributed by atoms with Gasteiger partial charge >= 0.3 is 6.18 Å². The third-order valence-electron chi connectivity index (χ3n) is 5.35. The first-order chi connectivity index (χ1) is 14.6. The number of alkyl halides is 3. The number of halogens is 4. The maximum absolute atomic E-state index is 13.3. The van der Waals surface area contributed by atoms with Gasteiger partial charge in [0.15, 0.2) is 11.5 Å². The van der Waals surface area contributed by atoms with Crippen molar-refractivity contribution in [1.82, 2.24) is 19.6 Å². The van der Waals surface area contributed by atoms with Crippen molar-refractivity contribution in [3.05, 3.63) is 64.1 Å². The van der Waals surface area contributed by atoms with Crippen LogP contribution >= 0.6 is 11.6 Å². The molecule has 0 radical (unpaired) electrons.